The number of imidazole rings is 1. The van der Waals surface area contributed by atoms with Gasteiger partial charge in [0.25, 0.3) is 5.91 Å². The van der Waals surface area contributed by atoms with Crippen molar-refractivity contribution in [2.45, 2.75) is 13.1 Å². The maximum absolute atomic E-state index is 12.3. The first-order chi connectivity index (χ1) is 8.75. The molecule has 0 saturated carbocycles. The number of carbonyl (C=O) groups excluding carboxylic acids is 1. The lowest BCUT2D eigenvalue weighted by Gasteiger charge is -2.27. The number of pyridine rings is 1. The summed E-state index contributed by atoms with van der Waals surface area (Å²) in [7, 11) is 0. The zero-order valence-corrected chi connectivity index (χ0v) is 10.3. The fourth-order valence-corrected chi connectivity index (χ4v) is 2.24. The molecule has 3 heterocycles. The molecule has 5 nitrogen and oxygen atoms in total. The molecule has 0 saturated heterocycles. The summed E-state index contributed by atoms with van der Waals surface area (Å²) in [6.45, 7) is 1.93. The Labute approximate surface area is 109 Å². The number of rotatable bonds is 1. The monoisotopic (exact) mass is 262 g/mol. The van der Waals surface area contributed by atoms with Gasteiger partial charge in [-0.3, -0.25) is 9.78 Å². The van der Waals surface area contributed by atoms with Gasteiger partial charge in [-0.2, -0.15) is 0 Å². The highest BCUT2D eigenvalue weighted by molar-refractivity contribution is 6.33. The number of hydrogen-bond acceptors (Lipinski definition) is 3. The van der Waals surface area contributed by atoms with Gasteiger partial charge in [0.15, 0.2) is 0 Å². The van der Waals surface area contributed by atoms with E-state index in [4.69, 9.17) is 11.6 Å². The average Bonchev–Trinajstić information content (AvgIpc) is 2.85. The molecule has 0 radical (unpaired) electrons. The average molecular weight is 263 g/mol. The molecule has 1 aliphatic heterocycles. The van der Waals surface area contributed by atoms with Crippen LogP contribution in [0.3, 0.4) is 0 Å². The first-order valence-electron chi connectivity index (χ1n) is 5.64. The van der Waals surface area contributed by atoms with Crippen molar-refractivity contribution in [3.8, 4) is 0 Å². The highest BCUT2D eigenvalue weighted by atomic mass is 35.5. The van der Waals surface area contributed by atoms with Gasteiger partial charge in [0.1, 0.15) is 5.82 Å². The number of halogens is 1. The van der Waals surface area contributed by atoms with E-state index in [2.05, 4.69) is 14.5 Å². The van der Waals surface area contributed by atoms with Crippen LogP contribution in [0.1, 0.15) is 16.2 Å². The van der Waals surface area contributed by atoms with Crippen LogP contribution >= 0.6 is 11.6 Å². The molecule has 3 rings (SSSR count). The minimum absolute atomic E-state index is 0.0950. The van der Waals surface area contributed by atoms with Crippen LogP contribution in [0.2, 0.25) is 5.02 Å². The molecule has 0 bridgehead atoms. The molecule has 0 unspecified atom stereocenters. The maximum atomic E-state index is 12.3. The summed E-state index contributed by atoms with van der Waals surface area (Å²) < 4.78 is 2.05. The predicted octanol–water partition coefficient (Wildman–Crippen LogP) is 1.59. The van der Waals surface area contributed by atoms with E-state index in [-0.39, 0.29) is 5.91 Å². The number of amides is 1. The Morgan fingerprint density at radius 3 is 3.06 bits per heavy atom. The first-order valence-corrected chi connectivity index (χ1v) is 6.02. The number of carbonyl (C=O) groups is 1. The zero-order valence-electron chi connectivity index (χ0n) is 9.58. The Balaban J connectivity index is 1.85. The van der Waals surface area contributed by atoms with Crippen molar-refractivity contribution in [1.29, 1.82) is 0 Å². The van der Waals surface area contributed by atoms with E-state index in [0.29, 0.717) is 23.7 Å². The summed E-state index contributed by atoms with van der Waals surface area (Å²) in [5.41, 5.74) is 0.444. The molecule has 1 amide bonds. The molecule has 2 aromatic rings. The van der Waals surface area contributed by atoms with Crippen molar-refractivity contribution >= 4 is 17.5 Å². The predicted molar refractivity (Wildman–Crippen MR) is 66.2 cm³/mol. The largest absolute Gasteiger partial charge is 0.332 e. The minimum atomic E-state index is -0.0950. The minimum Gasteiger partial charge on any atom is -0.332 e. The fourth-order valence-electron chi connectivity index (χ4n) is 2.05. The molecule has 0 N–H and O–H groups in total. The van der Waals surface area contributed by atoms with Crippen molar-refractivity contribution in [1.82, 2.24) is 19.4 Å². The van der Waals surface area contributed by atoms with E-state index < -0.39 is 0 Å². The van der Waals surface area contributed by atoms with E-state index in [9.17, 15) is 4.79 Å². The van der Waals surface area contributed by atoms with Crippen molar-refractivity contribution in [2.75, 3.05) is 6.54 Å². The Kier molecular flexibility index (Phi) is 2.76. The van der Waals surface area contributed by atoms with Gasteiger partial charge in [0, 0.05) is 37.9 Å². The van der Waals surface area contributed by atoms with Crippen molar-refractivity contribution in [3.05, 3.63) is 47.3 Å². The smallest absolute Gasteiger partial charge is 0.257 e. The molecular weight excluding hydrogens is 252 g/mol. The molecule has 18 heavy (non-hydrogen) atoms. The quantitative estimate of drug-likeness (QED) is 0.784. The fraction of sp³-hybridized carbons (Fsp3) is 0.250. The summed E-state index contributed by atoms with van der Waals surface area (Å²) in [4.78, 5) is 22.2. The van der Waals surface area contributed by atoms with Crippen LogP contribution < -0.4 is 0 Å². The van der Waals surface area contributed by atoms with Crippen LogP contribution in [-0.2, 0) is 13.1 Å². The third-order valence-electron chi connectivity index (χ3n) is 3.03. The SMILES string of the molecule is O=C(c1cnccc1Cl)N1CCn2ccnc2C1. The number of aromatic nitrogens is 3. The Hall–Kier alpha value is -1.88. The second-order valence-corrected chi connectivity index (χ2v) is 4.53. The van der Waals surface area contributed by atoms with Gasteiger partial charge in [-0.05, 0) is 6.07 Å². The molecule has 0 spiro atoms. The highest BCUT2D eigenvalue weighted by Gasteiger charge is 2.23. The summed E-state index contributed by atoms with van der Waals surface area (Å²) in [6.07, 6.45) is 6.75. The highest BCUT2D eigenvalue weighted by Crippen LogP contribution is 2.19. The maximum Gasteiger partial charge on any atom is 0.257 e. The summed E-state index contributed by atoms with van der Waals surface area (Å²) in [5, 5.41) is 0.434. The molecule has 0 atom stereocenters. The summed E-state index contributed by atoms with van der Waals surface area (Å²) in [5.74, 6) is 0.803. The zero-order chi connectivity index (χ0) is 12.5. The van der Waals surface area contributed by atoms with E-state index in [1.54, 1.807) is 23.4 Å². The van der Waals surface area contributed by atoms with Crippen LogP contribution in [0.25, 0.3) is 0 Å². The van der Waals surface area contributed by atoms with Crippen LogP contribution in [0.4, 0.5) is 0 Å². The Morgan fingerprint density at radius 2 is 2.22 bits per heavy atom. The number of nitrogens with zero attached hydrogens (tertiary/aromatic N) is 4. The van der Waals surface area contributed by atoms with Crippen LogP contribution in [0.15, 0.2) is 30.9 Å². The van der Waals surface area contributed by atoms with Crippen molar-refractivity contribution in [2.24, 2.45) is 0 Å². The van der Waals surface area contributed by atoms with Crippen LogP contribution in [-0.4, -0.2) is 31.9 Å². The van der Waals surface area contributed by atoms with Gasteiger partial charge >= 0.3 is 0 Å². The van der Waals surface area contributed by atoms with Gasteiger partial charge in [0.2, 0.25) is 0 Å². The molecular formula is C12H11ClN4O. The van der Waals surface area contributed by atoms with Gasteiger partial charge in [-0.15, -0.1) is 0 Å². The Bertz CT molecular complexity index is 595. The van der Waals surface area contributed by atoms with E-state index in [0.717, 1.165) is 12.4 Å². The third kappa shape index (κ3) is 1.86. The first kappa shape index (κ1) is 11.2. The molecule has 2 aromatic heterocycles. The van der Waals surface area contributed by atoms with Gasteiger partial charge in [0.05, 0.1) is 17.1 Å². The molecule has 0 aliphatic carbocycles. The van der Waals surface area contributed by atoms with Crippen molar-refractivity contribution < 1.29 is 4.79 Å². The second-order valence-electron chi connectivity index (χ2n) is 4.12. The van der Waals surface area contributed by atoms with E-state index >= 15 is 0 Å². The molecule has 92 valence electrons. The third-order valence-corrected chi connectivity index (χ3v) is 3.36. The molecule has 1 aliphatic rings. The standard InChI is InChI=1S/C12H11ClN4O/c13-10-1-2-14-7-9(10)12(18)17-6-5-16-4-3-15-11(16)8-17/h1-4,7H,5-6,8H2. The van der Waals surface area contributed by atoms with Crippen LogP contribution in [0, 0.1) is 0 Å². The van der Waals surface area contributed by atoms with Gasteiger partial charge in [-0.1, -0.05) is 11.6 Å². The van der Waals surface area contributed by atoms with Crippen LogP contribution in [0.5, 0.6) is 0 Å². The summed E-state index contributed by atoms with van der Waals surface area (Å²) in [6, 6.07) is 1.62. The van der Waals surface area contributed by atoms with Gasteiger partial charge in [-0.25, -0.2) is 4.98 Å². The topological polar surface area (TPSA) is 51.0 Å². The van der Waals surface area contributed by atoms with Crippen molar-refractivity contribution in [3.63, 3.8) is 0 Å². The van der Waals surface area contributed by atoms with Gasteiger partial charge < -0.3 is 9.47 Å². The summed E-state index contributed by atoms with van der Waals surface area (Å²) >= 11 is 6.01. The normalized spacial score (nSPS) is 14.4. The lowest BCUT2D eigenvalue weighted by Crippen LogP contribution is -2.38. The number of hydrogen-bond donors (Lipinski definition) is 0. The molecule has 6 heteroatoms. The number of fused-ring (bicyclic) bond motifs is 1. The Morgan fingerprint density at radius 1 is 1.33 bits per heavy atom. The lowest BCUT2D eigenvalue weighted by atomic mass is 10.2. The van der Waals surface area contributed by atoms with E-state index in [1.807, 2.05) is 6.20 Å². The molecule has 0 fully saturated rings. The molecule has 0 aromatic carbocycles. The lowest BCUT2D eigenvalue weighted by molar-refractivity contribution is 0.0707. The second kappa shape index (κ2) is 4.42. The van der Waals surface area contributed by atoms with E-state index in [1.165, 1.54) is 6.20 Å².